The number of hydrogen-bond donors (Lipinski definition) is 1. The van der Waals surface area contributed by atoms with E-state index < -0.39 is 15.8 Å². The lowest BCUT2D eigenvalue weighted by Crippen LogP contribution is -2.40. The van der Waals surface area contributed by atoms with Crippen LogP contribution in [0.1, 0.15) is 22.0 Å². The Morgan fingerprint density at radius 2 is 1.79 bits per heavy atom. The van der Waals surface area contributed by atoms with Crippen LogP contribution in [-0.4, -0.2) is 26.4 Å². The van der Waals surface area contributed by atoms with Crippen LogP contribution in [0, 0.1) is 5.82 Å². The van der Waals surface area contributed by atoms with Crippen molar-refractivity contribution in [1.82, 2.24) is 9.62 Å². The number of sulfonamides is 1. The molecule has 7 heteroatoms. The van der Waals surface area contributed by atoms with E-state index in [1.807, 2.05) is 23.6 Å². The zero-order valence-corrected chi connectivity index (χ0v) is 16.8. The standard InChI is InChI=1S/C21H21FN2O2S2/c22-18-7-9-19(10-8-18)28(25,26)23-14-20(21-6-3-13-27-21)24-12-11-16-4-1-2-5-17(16)15-24/h1-10,13,20,23H,11-12,14-15H2/t20-/m1/s1. The fraction of sp³-hybridized carbons (Fsp3) is 0.238. The van der Waals surface area contributed by atoms with Gasteiger partial charge in [0.25, 0.3) is 0 Å². The highest BCUT2D eigenvalue weighted by Gasteiger charge is 2.27. The summed E-state index contributed by atoms with van der Waals surface area (Å²) in [7, 11) is -3.70. The Morgan fingerprint density at radius 3 is 2.50 bits per heavy atom. The first kappa shape index (κ1) is 19.3. The van der Waals surface area contributed by atoms with Gasteiger partial charge < -0.3 is 0 Å². The van der Waals surface area contributed by atoms with Crippen molar-refractivity contribution in [3.8, 4) is 0 Å². The summed E-state index contributed by atoms with van der Waals surface area (Å²) >= 11 is 1.63. The van der Waals surface area contributed by atoms with E-state index in [4.69, 9.17) is 0 Å². The molecule has 0 spiro atoms. The quantitative estimate of drug-likeness (QED) is 0.662. The van der Waals surface area contributed by atoms with Crippen LogP contribution in [0.2, 0.25) is 0 Å². The molecule has 146 valence electrons. The highest BCUT2D eigenvalue weighted by Crippen LogP contribution is 2.30. The predicted molar refractivity (Wildman–Crippen MR) is 109 cm³/mol. The number of hydrogen-bond acceptors (Lipinski definition) is 4. The summed E-state index contributed by atoms with van der Waals surface area (Å²) in [6.45, 7) is 1.93. The second-order valence-corrected chi connectivity index (χ2v) is 9.57. The predicted octanol–water partition coefficient (Wildman–Crippen LogP) is 3.97. The average molecular weight is 417 g/mol. The summed E-state index contributed by atoms with van der Waals surface area (Å²) in [4.78, 5) is 3.52. The van der Waals surface area contributed by atoms with Crippen LogP contribution in [0.15, 0.2) is 70.9 Å². The first-order valence-corrected chi connectivity index (χ1v) is 11.5. The Hall–Kier alpha value is -2.06. The fourth-order valence-corrected chi connectivity index (χ4v) is 5.46. The maximum atomic E-state index is 13.1. The van der Waals surface area contributed by atoms with Gasteiger partial charge in [-0.2, -0.15) is 0 Å². The van der Waals surface area contributed by atoms with Crippen molar-refractivity contribution in [2.75, 3.05) is 13.1 Å². The molecular weight excluding hydrogens is 395 g/mol. The van der Waals surface area contributed by atoms with Gasteiger partial charge in [0.2, 0.25) is 10.0 Å². The Labute approximate surface area is 168 Å². The molecule has 0 radical (unpaired) electrons. The van der Waals surface area contributed by atoms with E-state index in [0.29, 0.717) is 0 Å². The van der Waals surface area contributed by atoms with Crippen molar-refractivity contribution in [2.24, 2.45) is 0 Å². The first-order chi connectivity index (χ1) is 13.5. The lowest BCUT2D eigenvalue weighted by Gasteiger charge is -2.35. The monoisotopic (exact) mass is 416 g/mol. The van der Waals surface area contributed by atoms with Gasteiger partial charge >= 0.3 is 0 Å². The molecule has 4 nitrogen and oxygen atoms in total. The van der Waals surface area contributed by atoms with Crippen molar-refractivity contribution in [1.29, 1.82) is 0 Å². The minimum Gasteiger partial charge on any atom is -0.290 e. The molecule has 3 aromatic rings. The Bertz CT molecular complexity index is 1030. The van der Waals surface area contributed by atoms with Crippen molar-refractivity contribution in [3.63, 3.8) is 0 Å². The molecule has 1 atom stereocenters. The van der Waals surface area contributed by atoms with Crippen molar-refractivity contribution in [3.05, 3.63) is 87.9 Å². The van der Waals surface area contributed by atoms with Gasteiger partial charge in [-0.15, -0.1) is 11.3 Å². The van der Waals surface area contributed by atoms with Crippen LogP contribution in [0.25, 0.3) is 0 Å². The molecule has 2 heterocycles. The molecule has 0 fully saturated rings. The van der Waals surface area contributed by atoms with Gasteiger partial charge in [0.15, 0.2) is 0 Å². The van der Waals surface area contributed by atoms with Crippen LogP contribution in [-0.2, 0) is 23.0 Å². The molecule has 28 heavy (non-hydrogen) atoms. The molecule has 1 aromatic heterocycles. The van der Waals surface area contributed by atoms with E-state index in [9.17, 15) is 12.8 Å². The third-order valence-corrected chi connectivity index (χ3v) is 7.48. The molecule has 0 unspecified atom stereocenters. The summed E-state index contributed by atoms with van der Waals surface area (Å²) in [6.07, 6.45) is 0.947. The molecule has 0 saturated carbocycles. The van der Waals surface area contributed by atoms with Crippen LogP contribution >= 0.6 is 11.3 Å². The van der Waals surface area contributed by atoms with Crippen molar-refractivity contribution < 1.29 is 12.8 Å². The summed E-state index contributed by atoms with van der Waals surface area (Å²) in [5.41, 5.74) is 2.65. The number of halogens is 1. The number of nitrogens with one attached hydrogen (secondary N) is 1. The van der Waals surface area contributed by atoms with Gasteiger partial charge in [-0.3, -0.25) is 4.90 Å². The zero-order valence-electron chi connectivity index (χ0n) is 15.2. The summed E-state index contributed by atoms with van der Waals surface area (Å²) in [6, 6.07) is 17.3. The summed E-state index contributed by atoms with van der Waals surface area (Å²) in [5.74, 6) is -0.456. The maximum Gasteiger partial charge on any atom is 0.240 e. The second kappa shape index (κ2) is 8.13. The number of benzene rings is 2. The van der Waals surface area contributed by atoms with E-state index >= 15 is 0 Å². The molecule has 1 N–H and O–H groups in total. The van der Waals surface area contributed by atoms with Gasteiger partial charge in [-0.05, 0) is 53.3 Å². The van der Waals surface area contributed by atoms with E-state index in [2.05, 4.69) is 27.8 Å². The molecule has 1 aliphatic rings. The van der Waals surface area contributed by atoms with Crippen LogP contribution in [0.4, 0.5) is 4.39 Å². The fourth-order valence-electron chi connectivity index (χ4n) is 3.56. The molecule has 0 saturated heterocycles. The van der Waals surface area contributed by atoms with Gasteiger partial charge in [-0.25, -0.2) is 17.5 Å². The molecule has 0 aliphatic carbocycles. The molecule has 1 aliphatic heterocycles. The summed E-state index contributed by atoms with van der Waals surface area (Å²) < 4.78 is 41.1. The van der Waals surface area contributed by atoms with Gasteiger partial charge in [0.05, 0.1) is 10.9 Å². The zero-order chi connectivity index (χ0) is 19.6. The van der Waals surface area contributed by atoms with E-state index in [1.165, 1.54) is 23.3 Å². The van der Waals surface area contributed by atoms with Crippen LogP contribution in [0.3, 0.4) is 0 Å². The molecular formula is C21H21FN2O2S2. The van der Waals surface area contributed by atoms with E-state index in [0.717, 1.165) is 36.5 Å². The molecule has 4 rings (SSSR count). The Balaban J connectivity index is 1.54. The number of thiophene rings is 1. The van der Waals surface area contributed by atoms with Gasteiger partial charge in [0, 0.05) is 24.5 Å². The first-order valence-electron chi connectivity index (χ1n) is 9.12. The molecule has 0 bridgehead atoms. The highest BCUT2D eigenvalue weighted by atomic mass is 32.2. The van der Waals surface area contributed by atoms with Gasteiger partial charge in [-0.1, -0.05) is 30.3 Å². The maximum absolute atomic E-state index is 13.1. The second-order valence-electron chi connectivity index (χ2n) is 6.83. The highest BCUT2D eigenvalue weighted by molar-refractivity contribution is 7.89. The largest absolute Gasteiger partial charge is 0.290 e. The topological polar surface area (TPSA) is 49.4 Å². The van der Waals surface area contributed by atoms with Gasteiger partial charge in [0.1, 0.15) is 5.82 Å². The number of fused-ring (bicyclic) bond motifs is 1. The summed E-state index contributed by atoms with van der Waals surface area (Å²) in [5, 5.41) is 2.01. The third-order valence-electron chi connectivity index (χ3n) is 5.06. The van der Waals surface area contributed by atoms with Crippen molar-refractivity contribution in [2.45, 2.75) is 23.9 Å². The lowest BCUT2D eigenvalue weighted by atomic mass is 9.98. The van der Waals surface area contributed by atoms with Crippen LogP contribution < -0.4 is 4.72 Å². The van der Waals surface area contributed by atoms with Crippen molar-refractivity contribution >= 4 is 21.4 Å². The lowest BCUT2D eigenvalue weighted by molar-refractivity contribution is 0.183. The number of rotatable bonds is 6. The molecule has 2 aromatic carbocycles. The Morgan fingerprint density at radius 1 is 1.04 bits per heavy atom. The minimum atomic E-state index is -3.70. The smallest absolute Gasteiger partial charge is 0.240 e. The number of nitrogens with zero attached hydrogens (tertiary/aromatic N) is 1. The third kappa shape index (κ3) is 4.17. The minimum absolute atomic E-state index is 0.0522. The average Bonchev–Trinajstić information content (AvgIpc) is 3.23. The van der Waals surface area contributed by atoms with E-state index in [1.54, 1.807) is 11.3 Å². The van der Waals surface area contributed by atoms with E-state index in [-0.39, 0.29) is 17.5 Å². The Kier molecular flexibility index (Phi) is 5.59. The SMILES string of the molecule is O=S(=O)(NC[C@H](c1cccs1)N1CCc2ccccc2C1)c1ccc(F)cc1. The normalized spacial score (nSPS) is 15.9. The van der Waals surface area contributed by atoms with Crippen LogP contribution in [0.5, 0.6) is 0 Å². The molecule has 0 amide bonds.